The molecule has 0 saturated heterocycles. The molecule has 2 nitrogen and oxygen atoms in total. The summed E-state index contributed by atoms with van der Waals surface area (Å²) in [4.78, 5) is 11.8. The predicted molar refractivity (Wildman–Crippen MR) is 65.4 cm³/mol. The van der Waals surface area contributed by atoms with E-state index in [4.69, 9.17) is 4.74 Å². The summed E-state index contributed by atoms with van der Waals surface area (Å²) in [6, 6.07) is 4.84. The molecule has 0 N–H and O–H groups in total. The third-order valence-electron chi connectivity index (χ3n) is 2.68. The first-order valence-corrected chi connectivity index (χ1v) is 6.02. The maximum Gasteiger partial charge on any atom is 0.313 e. The molecule has 0 radical (unpaired) electrons. The molecule has 0 aromatic heterocycles. The average molecular weight is 238 g/mol. The van der Waals surface area contributed by atoms with Gasteiger partial charge in [0.05, 0.1) is 12.5 Å². The van der Waals surface area contributed by atoms with Gasteiger partial charge in [-0.2, -0.15) is 0 Å². The second-order valence-corrected chi connectivity index (χ2v) is 4.12. The molecule has 1 aromatic carbocycles. The van der Waals surface area contributed by atoms with Gasteiger partial charge in [-0.25, -0.2) is 4.39 Å². The second kappa shape index (κ2) is 6.38. The first-order valence-electron chi connectivity index (χ1n) is 6.02. The van der Waals surface area contributed by atoms with Gasteiger partial charge in [-0.15, -0.1) is 0 Å². The van der Waals surface area contributed by atoms with Gasteiger partial charge >= 0.3 is 5.97 Å². The van der Waals surface area contributed by atoms with Crippen LogP contribution in [-0.2, 0) is 9.53 Å². The highest BCUT2D eigenvalue weighted by atomic mass is 19.1. The van der Waals surface area contributed by atoms with Crippen molar-refractivity contribution in [1.29, 1.82) is 0 Å². The molecule has 94 valence electrons. The summed E-state index contributed by atoms with van der Waals surface area (Å²) in [6.07, 6.45) is 1.43. The van der Waals surface area contributed by atoms with Crippen LogP contribution in [0.5, 0.6) is 0 Å². The Kier molecular flexibility index (Phi) is 5.13. The lowest BCUT2D eigenvalue weighted by atomic mass is 9.93. The largest absolute Gasteiger partial charge is 0.466 e. The summed E-state index contributed by atoms with van der Waals surface area (Å²) >= 11 is 0. The van der Waals surface area contributed by atoms with Crippen LogP contribution in [0.1, 0.15) is 43.7 Å². The number of esters is 1. The number of carbonyl (C=O) groups excluding carboxylic acids is 1. The summed E-state index contributed by atoms with van der Waals surface area (Å²) in [7, 11) is 0. The van der Waals surface area contributed by atoms with Gasteiger partial charge in [0, 0.05) is 5.56 Å². The molecule has 0 amide bonds. The normalized spacial score (nSPS) is 12.2. The van der Waals surface area contributed by atoms with Crippen molar-refractivity contribution in [3.05, 3.63) is 35.1 Å². The van der Waals surface area contributed by atoms with E-state index in [9.17, 15) is 9.18 Å². The van der Waals surface area contributed by atoms with Crippen LogP contribution in [0, 0.1) is 12.7 Å². The van der Waals surface area contributed by atoms with Crippen LogP contribution in [0.2, 0.25) is 0 Å². The van der Waals surface area contributed by atoms with E-state index in [0.717, 1.165) is 12.0 Å². The van der Waals surface area contributed by atoms with Crippen molar-refractivity contribution < 1.29 is 13.9 Å². The fourth-order valence-corrected chi connectivity index (χ4v) is 1.86. The van der Waals surface area contributed by atoms with E-state index in [2.05, 4.69) is 0 Å². The summed E-state index contributed by atoms with van der Waals surface area (Å²) in [5, 5.41) is 0. The number of aryl methyl sites for hydroxylation is 1. The molecular weight excluding hydrogens is 219 g/mol. The third-order valence-corrected chi connectivity index (χ3v) is 2.68. The molecule has 17 heavy (non-hydrogen) atoms. The molecule has 0 fully saturated rings. The van der Waals surface area contributed by atoms with Crippen molar-refractivity contribution in [3.63, 3.8) is 0 Å². The van der Waals surface area contributed by atoms with Gasteiger partial charge in [0.25, 0.3) is 0 Å². The van der Waals surface area contributed by atoms with E-state index in [1.807, 2.05) is 13.8 Å². The zero-order chi connectivity index (χ0) is 12.8. The van der Waals surface area contributed by atoms with Crippen LogP contribution in [0.15, 0.2) is 18.2 Å². The molecular formula is C14H19FO2. The number of ether oxygens (including phenoxy) is 1. The maximum absolute atomic E-state index is 13.7. The predicted octanol–water partition coefficient (Wildman–Crippen LogP) is 3.58. The summed E-state index contributed by atoms with van der Waals surface area (Å²) in [5.74, 6) is -1.15. The Hall–Kier alpha value is -1.38. The van der Waals surface area contributed by atoms with Crippen LogP contribution in [0.4, 0.5) is 4.39 Å². The Bertz CT molecular complexity index is 388. The molecule has 0 heterocycles. The Balaban J connectivity index is 3.04. The number of halogens is 1. The minimum atomic E-state index is -0.486. The molecule has 0 bridgehead atoms. The van der Waals surface area contributed by atoms with E-state index in [0.29, 0.717) is 18.6 Å². The van der Waals surface area contributed by atoms with Gasteiger partial charge in [-0.05, 0) is 26.3 Å². The number of carbonyl (C=O) groups is 1. The fraction of sp³-hybridized carbons (Fsp3) is 0.500. The first-order chi connectivity index (χ1) is 8.10. The van der Waals surface area contributed by atoms with Crippen LogP contribution in [0.25, 0.3) is 0 Å². The Labute approximate surface area is 102 Å². The lowest BCUT2D eigenvalue weighted by Gasteiger charge is -2.16. The van der Waals surface area contributed by atoms with Gasteiger partial charge in [0.2, 0.25) is 0 Å². The zero-order valence-corrected chi connectivity index (χ0v) is 10.6. The van der Waals surface area contributed by atoms with Crippen LogP contribution < -0.4 is 0 Å². The molecule has 1 aromatic rings. The van der Waals surface area contributed by atoms with E-state index in [1.165, 1.54) is 6.07 Å². The van der Waals surface area contributed by atoms with E-state index >= 15 is 0 Å². The fourth-order valence-electron chi connectivity index (χ4n) is 1.86. The van der Waals surface area contributed by atoms with Gasteiger partial charge < -0.3 is 4.74 Å². The summed E-state index contributed by atoms with van der Waals surface area (Å²) in [5.41, 5.74) is 1.40. The number of hydrogen-bond acceptors (Lipinski definition) is 2. The zero-order valence-electron chi connectivity index (χ0n) is 10.6. The lowest BCUT2D eigenvalue weighted by Crippen LogP contribution is -2.17. The van der Waals surface area contributed by atoms with E-state index in [-0.39, 0.29) is 11.8 Å². The number of hydrogen-bond donors (Lipinski definition) is 0. The van der Waals surface area contributed by atoms with Gasteiger partial charge in [0.15, 0.2) is 0 Å². The van der Waals surface area contributed by atoms with Crippen molar-refractivity contribution in [2.75, 3.05) is 6.61 Å². The molecule has 1 rings (SSSR count). The summed E-state index contributed by atoms with van der Waals surface area (Å²) < 4.78 is 18.7. The minimum Gasteiger partial charge on any atom is -0.466 e. The molecule has 0 spiro atoms. The Morgan fingerprint density at radius 1 is 1.41 bits per heavy atom. The molecule has 0 aliphatic rings. The molecule has 3 heteroatoms. The monoisotopic (exact) mass is 238 g/mol. The highest BCUT2D eigenvalue weighted by Gasteiger charge is 2.24. The van der Waals surface area contributed by atoms with E-state index < -0.39 is 5.92 Å². The molecule has 0 saturated carbocycles. The highest BCUT2D eigenvalue weighted by Crippen LogP contribution is 2.26. The van der Waals surface area contributed by atoms with Crippen LogP contribution in [-0.4, -0.2) is 12.6 Å². The molecule has 1 atom stereocenters. The van der Waals surface area contributed by atoms with Crippen molar-refractivity contribution in [1.82, 2.24) is 0 Å². The average Bonchev–Trinajstić information content (AvgIpc) is 2.30. The molecule has 1 unspecified atom stereocenters. The van der Waals surface area contributed by atoms with Crippen molar-refractivity contribution in [2.24, 2.45) is 0 Å². The SMILES string of the molecule is CCCC(C(=O)OCC)c1cc(C)ccc1F. The quantitative estimate of drug-likeness (QED) is 0.733. The van der Waals surface area contributed by atoms with Crippen molar-refractivity contribution >= 4 is 5.97 Å². The van der Waals surface area contributed by atoms with Gasteiger partial charge in [-0.1, -0.05) is 31.0 Å². The lowest BCUT2D eigenvalue weighted by molar-refractivity contribution is -0.145. The highest BCUT2D eigenvalue weighted by molar-refractivity contribution is 5.78. The first kappa shape index (κ1) is 13.7. The Morgan fingerprint density at radius 2 is 2.12 bits per heavy atom. The topological polar surface area (TPSA) is 26.3 Å². The Morgan fingerprint density at radius 3 is 2.71 bits per heavy atom. The smallest absolute Gasteiger partial charge is 0.313 e. The third kappa shape index (κ3) is 3.55. The van der Waals surface area contributed by atoms with Crippen molar-refractivity contribution in [2.45, 2.75) is 39.5 Å². The molecule has 0 aliphatic heterocycles. The maximum atomic E-state index is 13.7. The van der Waals surface area contributed by atoms with E-state index in [1.54, 1.807) is 19.1 Å². The van der Waals surface area contributed by atoms with Crippen LogP contribution in [0.3, 0.4) is 0 Å². The summed E-state index contributed by atoms with van der Waals surface area (Å²) in [6.45, 7) is 5.94. The molecule has 0 aliphatic carbocycles. The van der Waals surface area contributed by atoms with Crippen molar-refractivity contribution in [3.8, 4) is 0 Å². The number of benzene rings is 1. The van der Waals surface area contributed by atoms with Crippen LogP contribution >= 0.6 is 0 Å². The standard InChI is InChI=1S/C14H19FO2/c1-4-6-11(14(16)17-5-2)12-9-10(3)7-8-13(12)15/h7-9,11H,4-6H2,1-3H3. The second-order valence-electron chi connectivity index (χ2n) is 4.12. The van der Waals surface area contributed by atoms with Gasteiger partial charge in [0.1, 0.15) is 5.82 Å². The number of rotatable bonds is 5. The minimum absolute atomic E-state index is 0.326. The van der Waals surface area contributed by atoms with Gasteiger partial charge in [-0.3, -0.25) is 4.79 Å².